The number of likely N-dealkylation sites (tertiary alicyclic amines) is 1. The average Bonchev–Trinajstić information content (AvgIpc) is 2.95. The third-order valence-corrected chi connectivity index (χ3v) is 3.41. The predicted molar refractivity (Wildman–Crippen MR) is 74.9 cm³/mol. The minimum absolute atomic E-state index is 0.00445. The molecule has 1 aromatic carbocycles. The number of hydrogen-bond donors (Lipinski definition) is 1. The Hall–Kier alpha value is -1.75. The maximum Gasteiger partial charge on any atom is 0.260 e. The van der Waals surface area contributed by atoms with Crippen LogP contribution in [0.4, 0.5) is 0 Å². The van der Waals surface area contributed by atoms with Gasteiger partial charge in [0.1, 0.15) is 11.5 Å². The lowest BCUT2D eigenvalue weighted by atomic mass is 10.2. The van der Waals surface area contributed by atoms with Crippen LogP contribution in [0.5, 0.6) is 11.5 Å². The molecule has 0 radical (unpaired) electrons. The van der Waals surface area contributed by atoms with Crippen LogP contribution in [0.25, 0.3) is 0 Å². The van der Waals surface area contributed by atoms with E-state index in [9.17, 15) is 9.90 Å². The first kappa shape index (κ1) is 14.7. The first-order valence-electron chi connectivity index (χ1n) is 7.00. The second-order valence-electron chi connectivity index (χ2n) is 4.76. The van der Waals surface area contributed by atoms with Crippen molar-refractivity contribution in [2.75, 3.05) is 26.4 Å². The number of carbonyl (C=O) groups is 1. The normalized spacial score (nSPS) is 18.1. The highest BCUT2D eigenvalue weighted by Crippen LogP contribution is 2.19. The van der Waals surface area contributed by atoms with Crippen LogP contribution in [0.2, 0.25) is 0 Å². The molecule has 1 N–H and O–H groups in total. The van der Waals surface area contributed by atoms with E-state index in [1.807, 2.05) is 19.1 Å². The number of nitrogens with zero attached hydrogens (tertiary/aromatic N) is 1. The van der Waals surface area contributed by atoms with Crippen LogP contribution in [-0.2, 0) is 4.79 Å². The molecule has 1 atom stereocenters. The summed E-state index contributed by atoms with van der Waals surface area (Å²) in [6.07, 6.45) is 1.81. The van der Waals surface area contributed by atoms with Crippen molar-refractivity contribution in [3.63, 3.8) is 0 Å². The van der Waals surface area contributed by atoms with Gasteiger partial charge in [-0.15, -0.1) is 0 Å². The highest BCUT2D eigenvalue weighted by Gasteiger charge is 2.28. The molecule has 1 saturated heterocycles. The molecular weight excluding hydrogens is 258 g/mol. The lowest BCUT2D eigenvalue weighted by molar-refractivity contribution is -0.134. The quantitative estimate of drug-likeness (QED) is 0.856. The van der Waals surface area contributed by atoms with Crippen LogP contribution >= 0.6 is 0 Å². The van der Waals surface area contributed by atoms with Gasteiger partial charge in [-0.05, 0) is 44.0 Å². The van der Waals surface area contributed by atoms with Gasteiger partial charge in [0.25, 0.3) is 5.91 Å². The summed E-state index contributed by atoms with van der Waals surface area (Å²) in [5.41, 5.74) is 0. The van der Waals surface area contributed by atoms with Crippen molar-refractivity contribution in [3.05, 3.63) is 24.3 Å². The molecule has 2 rings (SSSR count). The second kappa shape index (κ2) is 7.14. The van der Waals surface area contributed by atoms with E-state index in [4.69, 9.17) is 9.47 Å². The molecule has 1 amide bonds. The fourth-order valence-corrected chi connectivity index (χ4v) is 2.38. The van der Waals surface area contributed by atoms with E-state index in [-0.39, 0.29) is 25.2 Å². The molecule has 1 unspecified atom stereocenters. The molecule has 0 aromatic heterocycles. The lowest BCUT2D eigenvalue weighted by Crippen LogP contribution is -2.40. The molecule has 0 aliphatic carbocycles. The largest absolute Gasteiger partial charge is 0.494 e. The van der Waals surface area contributed by atoms with Gasteiger partial charge in [0, 0.05) is 6.54 Å². The smallest absolute Gasteiger partial charge is 0.260 e. The third-order valence-electron chi connectivity index (χ3n) is 3.41. The van der Waals surface area contributed by atoms with Gasteiger partial charge in [-0.2, -0.15) is 0 Å². The molecular formula is C15H21NO4. The van der Waals surface area contributed by atoms with E-state index in [0.717, 1.165) is 18.6 Å². The SMILES string of the molecule is CCOc1ccc(OCC(=O)N2CCCC2CO)cc1. The van der Waals surface area contributed by atoms with Crippen LogP contribution in [0.15, 0.2) is 24.3 Å². The first-order chi connectivity index (χ1) is 9.74. The summed E-state index contributed by atoms with van der Waals surface area (Å²) in [6.45, 7) is 3.28. The Labute approximate surface area is 119 Å². The minimum atomic E-state index is -0.0737. The molecule has 0 spiro atoms. The fourth-order valence-electron chi connectivity index (χ4n) is 2.38. The minimum Gasteiger partial charge on any atom is -0.494 e. The highest BCUT2D eigenvalue weighted by molar-refractivity contribution is 5.78. The van der Waals surface area contributed by atoms with Crippen molar-refractivity contribution in [1.29, 1.82) is 0 Å². The summed E-state index contributed by atoms with van der Waals surface area (Å²) < 4.78 is 10.8. The number of aliphatic hydroxyl groups excluding tert-OH is 1. The van der Waals surface area contributed by atoms with E-state index in [1.54, 1.807) is 17.0 Å². The number of carbonyl (C=O) groups excluding carboxylic acids is 1. The highest BCUT2D eigenvalue weighted by atomic mass is 16.5. The van der Waals surface area contributed by atoms with Gasteiger partial charge in [0.15, 0.2) is 6.61 Å². The average molecular weight is 279 g/mol. The first-order valence-corrected chi connectivity index (χ1v) is 7.00. The molecule has 110 valence electrons. The van der Waals surface area contributed by atoms with Gasteiger partial charge in [0.05, 0.1) is 19.3 Å². The van der Waals surface area contributed by atoms with Gasteiger partial charge >= 0.3 is 0 Å². The summed E-state index contributed by atoms with van der Waals surface area (Å²) in [4.78, 5) is 13.7. The molecule has 1 aromatic rings. The summed E-state index contributed by atoms with van der Waals surface area (Å²) in [5, 5.41) is 9.20. The van der Waals surface area contributed by atoms with Gasteiger partial charge in [-0.25, -0.2) is 0 Å². The molecule has 5 nitrogen and oxygen atoms in total. The monoisotopic (exact) mass is 279 g/mol. The second-order valence-corrected chi connectivity index (χ2v) is 4.76. The number of amides is 1. The number of rotatable bonds is 6. The Morgan fingerprint density at radius 1 is 1.30 bits per heavy atom. The Kier molecular flexibility index (Phi) is 5.24. The Bertz CT molecular complexity index is 432. The molecule has 1 heterocycles. The maximum absolute atomic E-state index is 12.0. The van der Waals surface area contributed by atoms with Crippen LogP contribution in [0, 0.1) is 0 Å². The maximum atomic E-state index is 12.0. The zero-order valence-electron chi connectivity index (χ0n) is 11.7. The van der Waals surface area contributed by atoms with Gasteiger partial charge in [-0.1, -0.05) is 0 Å². The number of hydrogen-bond acceptors (Lipinski definition) is 4. The van der Waals surface area contributed by atoms with E-state index >= 15 is 0 Å². The van der Waals surface area contributed by atoms with E-state index in [1.165, 1.54) is 0 Å². The van der Waals surface area contributed by atoms with Crippen molar-refractivity contribution < 1.29 is 19.4 Å². The Morgan fingerprint density at radius 3 is 2.55 bits per heavy atom. The van der Waals surface area contributed by atoms with Crippen LogP contribution in [0.1, 0.15) is 19.8 Å². The van der Waals surface area contributed by atoms with Crippen LogP contribution in [-0.4, -0.2) is 48.3 Å². The molecule has 1 aliphatic rings. The van der Waals surface area contributed by atoms with Crippen molar-refractivity contribution in [2.24, 2.45) is 0 Å². The number of benzene rings is 1. The fraction of sp³-hybridized carbons (Fsp3) is 0.533. The topological polar surface area (TPSA) is 59.0 Å². The lowest BCUT2D eigenvalue weighted by Gasteiger charge is -2.22. The molecule has 1 aliphatic heterocycles. The zero-order chi connectivity index (χ0) is 14.4. The van der Waals surface area contributed by atoms with E-state index in [0.29, 0.717) is 18.9 Å². The molecule has 0 saturated carbocycles. The van der Waals surface area contributed by atoms with Crippen molar-refractivity contribution in [1.82, 2.24) is 4.90 Å². The van der Waals surface area contributed by atoms with Gasteiger partial charge < -0.3 is 19.5 Å². The standard InChI is InChI=1S/C15H21NO4/c1-2-19-13-5-7-14(8-6-13)20-11-15(18)16-9-3-4-12(16)10-17/h5-8,12,17H,2-4,9-11H2,1H3. The molecule has 1 fully saturated rings. The summed E-state index contributed by atoms with van der Waals surface area (Å²) in [5.74, 6) is 1.35. The van der Waals surface area contributed by atoms with Gasteiger partial charge in [-0.3, -0.25) is 4.79 Å². The molecule has 20 heavy (non-hydrogen) atoms. The third kappa shape index (κ3) is 3.63. The van der Waals surface area contributed by atoms with Gasteiger partial charge in [0.2, 0.25) is 0 Å². The Morgan fingerprint density at radius 2 is 1.95 bits per heavy atom. The summed E-state index contributed by atoms with van der Waals surface area (Å²) >= 11 is 0. The predicted octanol–water partition coefficient (Wildman–Crippen LogP) is 1.45. The van der Waals surface area contributed by atoms with E-state index in [2.05, 4.69) is 0 Å². The Balaban J connectivity index is 1.83. The molecule has 0 bridgehead atoms. The summed E-state index contributed by atoms with van der Waals surface area (Å²) in [6, 6.07) is 7.15. The van der Waals surface area contributed by atoms with E-state index < -0.39 is 0 Å². The number of ether oxygens (including phenoxy) is 2. The zero-order valence-corrected chi connectivity index (χ0v) is 11.7. The van der Waals surface area contributed by atoms with Crippen molar-refractivity contribution in [3.8, 4) is 11.5 Å². The van der Waals surface area contributed by atoms with Crippen molar-refractivity contribution >= 4 is 5.91 Å². The van der Waals surface area contributed by atoms with Crippen LogP contribution < -0.4 is 9.47 Å². The van der Waals surface area contributed by atoms with Crippen molar-refractivity contribution in [2.45, 2.75) is 25.8 Å². The number of aliphatic hydroxyl groups is 1. The van der Waals surface area contributed by atoms with Crippen LogP contribution in [0.3, 0.4) is 0 Å². The molecule has 5 heteroatoms. The summed E-state index contributed by atoms with van der Waals surface area (Å²) in [7, 11) is 0.